The molecule has 8 nitrogen and oxygen atoms in total. The van der Waals surface area contributed by atoms with E-state index in [4.69, 9.17) is 9.47 Å². The third-order valence-corrected chi connectivity index (χ3v) is 5.81. The molecule has 1 atom stereocenters. The second kappa shape index (κ2) is 9.78. The topological polar surface area (TPSA) is 91.6 Å². The molecule has 1 aromatic heterocycles. The van der Waals surface area contributed by atoms with Gasteiger partial charge in [0.25, 0.3) is 11.5 Å². The number of aromatic nitrogens is 2. The number of nitrogens with one attached hydrogen (secondary N) is 1. The van der Waals surface area contributed by atoms with Crippen LogP contribution in [0.5, 0.6) is 5.75 Å². The van der Waals surface area contributed by atoms with Crippen molar-refractivity contribution in [3.8, 4) is 11.4 Å². The van der Waals surface area contributed by atoms with Crippen molar-refractivity contribution in [2.45, 2.75) is 24.8 Å². The lowest BCUT2D eigenvalue weighted by molar-refractivity contribution is -0.123. The van der Waals surface area contributed by atoms with Gasteiger partial charge in [-0.1, -0.05) is 18.2 Å². The molecule has 3 aromatic rings. The molecule has 9 heteroatoms. The van der Waals surface area contributed by atoms with Gasteiger partial charge >= 0.3 is 5.97 Å². The van der Waals surface area contributed by atoms with E-state index in [1.165, 1.54) is 30.5 Å². The third-order valence-electron chi connectivity index (χ3n) is 5.08. The molecule has 0 aliphatic carbocycles. The molecular weight excluding hydrogens is 430 g/mol. The molecule has 168 valence electrons. The van der Waals surface area contributed by atoms with Crippen LogP contribution in [0, 0.1) is 6.92 Å². The Kier molecular flexibility index (Phi) is 7.09. The maximum absolute atomic E-state index is 13.0. The van der Waals surface area contributed by atoms with Gasteiger partial charge in [0.15, 0.2) is 6.10 Å². The highest BCUT2D eigenvalue weighted by molar-refractivity contribution is 7.98. The van der Waals surface area contributed by atoms with Crippen molar-refractivity contribution in [2.24, 2.45) is 7.05 Å². The number of carbonyl (C=O) groups is 2. The number of nitrogens with zero attached hydrogens (tertiary/aromatic N) is 2. The van der Waals surface area contributed by atoms with Crippen LogP contribution in [0.4, 0.5) is 5.69 Å². The lowest BCUT2D eigenvalue weighted by atomic mass is 10.2. The molecule has 32 heavy (non-hydrogen) atoms. The first kappa shape index (κ1) is 23.2. The van der Waals surface area contributed by atoms with Gasteiger partial charge in [0.2, 0.25) is 0 Å². The molecule has 0 spiro atoms. The zero-order valence-electron chi connectivity index (χ0n) is 18.5. The second-order valence-corrected chi connectivity index (χ2v) is 7.92. The number of para-hydroxylation sites is 1. The highest BCUT2D eigenvalue weighted by atomic mass is 32.2. The Balaban J connectivity index is 1.78. The molecule has 0 aliphatic heterocycles. The fourth-order valence-electron chi connectivity index (χ4n) is 3.18. The highest BCUT2D eigenvalue weighted by Gasteiger charge is 2.25. The number of amides is 1. The van der Waals surface area contributed by atoms with Crippen LogP contribution in [0.15, 0.2) is 58.2 Å². The Morgan fingerprint density at radius 1 is 1.12 bits per heavy atom. The summed E-state index contributed by atoms with van der Waals surface area (Å²) in [4.78, 5) is 39.2. The van der Waals surface area contributed by atoms with E-state index in [-0.39, 0.29) is 16.8 Å². The van der Waals surface area contributed by atoms with Gasteiger partial charge in [-0.05, 0) is 50.4 Å². The van der Waals surface area contributed by atoms with Crippen molar-refractivity contribution in [2.75, 3.05) is 18.7 Å². The van der Waals surface area contributed by atoms with Crippen molar-refractivity contribution in [1.82, 2.24) is 9.36 Å². The zero-order chi connectivity index (χ0) is 23.4. The van der Waals surface area contributed by atoms with Gasteiger partial charge in [-0.25, -0.2) is 9.48 Å². The average molecular weight is 456 g/mol. The first-order chi connectivity index (χ1) is 15.3. The highest BCUT2D eigenvalue weighted by Crippen LogP contribution is 2.26. The number of esters is 1. The van der Waals surface area contributed by atoms with E-state index in [9.17, 15) is 14.4 Å². The molecule has 2 aromatic carbocycles. The number of anilines is 1. The molecule has 0 saturated carbocycles. The van der Waals surface area contributed by atoms with Gasteiger partial charge in [-0.2, -0.15) is 0 Å². The summed E-state index contributed by atoms with van der Waals surface area (Å²) in [5.74, 6) is -0.938. The molecule has 0 saturated heterocycles. The number of methoxy groups -OCH3 is 1. The van der Waals surface area contributed by atoms with Gasteiger partial charge in [-0.3, -0.25) is 14.3 Å². The number of hydrogen-bond donors (Lipinski definition) is 1. The van der Waals surface area contributed by atoms with Crippen LogP contribution in [-0.4, -0.2) is 40.7 Å². The summed E-state index contributed by atoms with van der Waals surface area (Å²) < 4.78 is 13.7. The molecule has 0 bridgehead atoms. The largest absolute Gasteiger partial charge is 0.496 e. The maximum atomic E-state index is 13.0. The molecule has 0 aliphatic rings. The Morgan fingerprint density at radius 2 is 1.81 bits per heavy atom. The summed E-state index contributed by atoms with van der Waals surface area (Å²) >= 11 is 1.51. The zero-order valence-corrected chi connectivity index (χ0v) is 19.4. The van der Waals surface area contributed by atoms with Crippen LogP contribution in [0.2, 0.25) is 0 Å². The minimum atomic E-state index is -1.13. The normalized spacial score (nSPS) is 11.7. The van der Waals surface area contributed by atoms with Crippen molar-refractivity contribution in [1.29, 1.82) is 0 Å². The van der Waals surface area contributed by atoms with Crippen LogP contribution in [0.3, 0.4) is 0 Å². The second-order valence-electron chi connectivity index (χ2n) is 7.04. The van der Waals surface area contributed by atoms with Crippen molar-refractivity contribution in [3.63, 3.8) is 0 Å². The Bertz CT molecular complexity index is 1200. The molecule has 1 heterocycles. The lowest BCUT2D eigenvalue weighted by Gasteiger charge is -2.15. The predicted molar refractivity (Wildman–Crippen MR) is 124 cm³/mol. The maximum Gasteiger partial charge on any atom is 0.342 e. The van der Waals surface area contributed by atoms with Gasteiger partial charge in [0, 0.05) is 11.9 Å². The Hall–Kier alpha value is -3.46. The number of ether oxygens (including phenoxy) is 2. The van der Waals surface area contributed by atoms with E-state index >= 15 is 0 Å². The van der Waals surface area contributed by atoms with E-state index in [1.54, 1.807) is 49.0 Å². The SMILES string of the molecule is COc1cc(SC)ccc1C(=O)OC(C)C(=O)Nc1c(C)n(C)n(-c2ccccc2)c1=O. The number of hydrogen-bond acceptors (Lipinski definition) is 6. The summed E-state index contributed by atoms with van der Waals surface area (Å²) in [6.45, 7) is 3.18. The van der Waals surface area contributed by atoms with E-state index in [0.717, 1.165) is 4.90 Å². The molecule has 1 N–H and O–H groups in total. The predicted octanol–water partition coefficient (Wildman–Crippen LogP) is 3.40. The quantitative estimate of drug-likeness (QED) is 0.434. The average Bonchev–Trinajstić information content (AvgIpc) is 3.01. The van der Waals surface area contributed by atoms with Crippen LogP contribution >= 0.6 is 11.8 Å². The lowest BCUT2D eigenvalue weighted by Crippen LogP contribution is -2.32. The van der Waals surface area contributed by atoms with Crippen LogP contribution in [-0.2, 0) is 16.6 Å². The summed E-state index contributed by atoms with van der Waals surface area (Å²) in [5.41, 5.74) is 1.21. The van der Waals surface area contributed by atoms with E-state index in [1.807, 2.05) is 24.5 Å². The van der Waals surface area contributed by atoms with E-state index < -0.39 is 18.0 Å². The first-order valence-electron chi connectivity index (χ1n) is 9.86. The minimum Gasteiger partial charge on any atom is -0.496 e. The number of benzene rings is 2. The van der Waals surface area contributed by atoms with Gasteiger partial charge in [0.1, 0.15) is 17.0 Å². The van der Waals surface area contributed by atoms with Crippen LogP contribution in [0.1, 0.15) is 23.0 Å². The minimum absolute atomic E-state index is 0.131. The Morgan fingerprint density at radius 3 is 2.44 bits per heavy atom. The summed E-state index contributed by atoms with van der Waals surface area (Å²) in [6.07, 6.45) is 0.785. The first-order valence-corrected chi connectivity index (χ1v) is 11.1. The fraction of sp³-hybridized carbons (Fsp3) is 0.261. The number of carbonyl (C=O) groups excluding carboxylic acids is 2. The monoisotopic (exact) mass is 455 g/mol. The number of thioether (sulfide) groups is 1. The molecular formula is C23H25N3O5S. The molecule has 1 amide bonds. The van der Waals surface area contributed by atoms with Gasteiger partial charge in [-0.15, -0.1) is 11.8 Å². The fourth-order valence-corrected chi connectivity index (χ4v) is 3.61. The number of rotatable bonds is 7. The Labute approximate surface area is 190 Å². The van der Waals surface area contributed by atoms with Crippen LogP contribution < -0.4 is 15.6 Å². The smallest absolute Gasteiger partial charge is 0.342 e. The van der Waals surface area contributed by atoms with Crippen LogP contribution in [0.25, 0.3) is 5.69 Å². The van der Waals surface area contributed by atoms with Gasteiger partial charge < -0.3 is 14.8 Å². The molecule has 1 unspecified atom stereocenters. The van der Waals surface area contributed by atoms with Gasteiger partial charge in [0.05, 0.1) is 18.5 Å². The standard InChI is InChI=1S/C23H25N3O5S/c1-14-20(22(28)26(25(14)3)16-9-7-6-8-10-16)24-21(27)15(2)31-23(29)18-12-11-17(32-5)13-19(18)30-4/h6-13,15H,1-5H3,(H,24,27). The molecule has 3 rings (SSSR count). The third kappa shape index (κ3) is 4.57. The molecule has 0 fully saturated rings. The van der Waals surface area contributed by atoms with Crippen molar-refractivity contribution >= 4 is 29.3 Å². The summed E-state index contributed by atoms with van der Waals surface area (Å²) in [5, 5.41) is 2.61. The summed E-state index contributed by atoms with van der Waals surface area (Å²) in [6, 6.07) is 14.2. The van der Waals surface area contributed by atoms with E-state index in [2.05, 4.69) is 5.32 Å². The van der Waals surface area contributed by atoms with Crippen molar-refractivity contribution in [3.05, 3.63) is 70.1 Å². The molecule has 0 radical (unpaired) electrons. The summed E-state index contributed by atoms with van der Waals surface area (Å²) in [7, 11) is 3.19. The van der Waals surface area contributed by atoms with Crippen molar-refractivity contribution < 1.29 is 19.1 Å². The van der Waals surface area contributed by atoms with E-state index in [0.29, 0.717) is 17.1 Å².